The largest absolute Gasteiger partial charge is 0.298 e. The molecule has 0 aliphatic carbocycles. The zero-order chi connectivity index (χ0) is 11.8. The van der Waals surface area contributed by atoms with Gasteiger partial charge in [0.1, 0.15) is 0 Å². The van der Waals surface area contributed by atoms with Crippen molar-refractivity contribution in [3.8, 4) is 0 Å². The van der Waals surface area contributed by atoms with Crippen LogP contribution in [0.4, 0.5) is 0 Å². The van der Waals surface area contributed by atoms with Crippen molar-refractivity contribution in [3.63, 3.8) is 0 Å². The van der Waals surface area contributed by atoms with E-state index in [1.807, 2.05) is 0 Å². The number of hydrogen-bond acceptors (Lipinski definition) is 2. The molecule has 2 aliphatic rings. The average molecular weight is 224 g/mol. The van der Waals surface area contributed by atoms with Crippen LogP contribution in [0.3, 0.4) is 0 Å². The van der Waals surface area contributed by atoms with Gasteiger partial charge in [-0.05, 0) is 31.7 Å². The Labute approximate surface area is 101 Å². The normalized spacial score (nSPS) is 33.8. The van der Waals surface area contributed by atoms with Gasteiger partial charge in [-0.25, -0.2) is 0 Å². The van der Waals surface area contributed by atoms with Crippen LogP contribution in [0.5, 0.6) is 0 Å². The molecule has 2 atom stereocenters. The second kappa shape index (κ2) is 4.66. The Morgan fingerprint density at radius 3 is 2.56 bits per heavy atom. The topological polar surface area (TPSA) is 6.48 Å². The van der Waals surface area contributed by atoms with Crippen LogP contribution in [-0.2, 0) is 0 Å². The minimum atomic E-state index is 0.436. The zero-order valence-electron chi connectivity index (χ0n) is 11.5. The van der Waals surface area contributed by atoms with Crippen molar-refractivity contribution in [2.75, 3.05) is 26.2 Å². The lowest BCUT2D eigenvalue weighted by molar-refractivity contribution is 0.000420. The minimum Gasteiger partial charge on any atom is -0.298 e. The van der Waals surface area contributed by atoms with Crippen LogP contribution in [0.15, 0.2) is 0 Å². The van der Waals surface area contributed by atoms with Crippen LogP contribution in [-0.4, -0.2) is 48.1 Å². The fourth-order valence-corrected chi connectivity index (χ4v) is 3.24. The quantitative estimate of drug-likeness (QED) is 0.675. The number of rotatable bonds is 1. The van der Waals surface area contributed by atoms with E-state index in [0.717, 1.165) is 12.1 Å². The molecule has 0 amide bonds. The zero-order valence-corrected chi connectivity index (χ0v) is 11.5. The van der Waals surface area contributed by atoms with Gasteiger partial charge < -0.3 is 0 Å². The van der Waals surface area contributed by atoms with Gasteiger partial charge in [-0.1, -0.05) is 27.2 Å². The number of nitrogens with zero attached hydrogens (tertiary/aromatic N) is 2. The summed E-state index contributed by atoms with van der Waals surface area (Å²) < 4.78 is 0. The first-order valence-electron chi connectivity index (χ1n) is 6.94. The highest BCUT2D eigenvalue weighted by molar-refractivity contribution is 4.90. The van der Waals surface area contributed by atoms with Crippen molar-refractivity contribution in [2.45, 2.75) is 59.0 Å². The molecule has 2 heterocycles. The van der Waals surface area contributed by atoms with Crippen molar-refractivity contribution >= 4 is 0 Å². The van der Waals surface area contributed by atoms with E-state index in [9.17, 15) is 0 Å². The summed E-state index contributed by atoms with van der Waals surface area (Å²) in [6, 6.07) is 1.60. The van der Waals surface area contributed by atoms with Crippen molar-refractivity contribution in [3.05, 3.63) is 0 Å². The fourth-order valence-electron chi connectivity index (χ4n) is 3.24. The van der Waals surface area contributed by atoms with Gasteiger partial charge in [-0.2, -0.15) is 0 Å². The summed E-state index contributed by atoms with van der Waals surface area (Å²) in [4.78, 5) is 5.44. The summed E-state index contributed by atoms with van der Waals surface area (Å²) in [7, 11) is 0. The molecule has 0 radical (unpaired) electrons. The maximum Gasteiger partial charge on any atom is 0.0223 e. The van der Waals surface area contributed by atoms with Gasteiger partial charge in [-0.3, -0.25) is 9.80 Å². The molecular formula is C14H28N2. The molecule has 0 aromatic rings. The lowest BCUT2D eigenvalue weighted by Crippen LogP contribution is -2.59. The molecule has 0 aromatic heterocycles. The van der Waals surface area contributed by atoms with E-state index >= 15 is 0 Å². The molecule has 2 nitrogen and oxygen atoms in total. The molecular weight excluding hydrogens is 196 g/mol. The van der Waals surface area contributed by atoms with Gasteiger partial charge in [0.15, 0.2) is 0 Å². The van der Waals surface area contributed by atoms with Crippen molar-refractivity contribution in [1.82, 2.24) is 9.80 Å². The van der Waals surface area contributed by atoms with E-state index in [4.69, 9.17) is 0 Å². The standard InChI is InChI=1S/C14H28N2/c1-12-9-15-8-6-5-7-13(15)10-16(12)11-14(2,3)4/h12-13H,5-11H2,1-4H3. The Balaban J connectivity index is 1.95. The van der Waals surface area contributed by atoms with Crippen molar-refractivity contribution < 1.29 is 0 Å². The third-order valence-corrected chi connectivity index (χ3v) is 3.99. The smallest absolute Gasteiger partial charge is 0.0223 e. The molecule has 0 saturated carbocycles. The van der Waals surface area contributed by atoms with Gasteiger partial charge in [0.2, 0.25) is 0 Å². The highest BCUT2D eigenvalue weighted by atomic mass is 15.3. The first-order valence-corrected chi connectivity index (χ1v) is 6.94. The Bertz CT molecular complexity index is 231. The van der Waals surface area contributed by atoms with Gasteiger partial charge in [0.05, 0.1) is 0 Å². The van der Waals surface area contributed by atoms with Crippen LogP contribution >= 0.6 is 0 Å². The number of piperidine rings is 1. The van der Waals surface area contributed by atoms with Crippen LogP contribution in [0.1, 0.15) is 47.0 Å². The molecule has 0 spiro atoms. The molecule has 0 aromatic carbocycles. The number of piperazine rings is 1. The second-order valence-corrected chi connectivity index (χ2v) is 6.98. The third kappa shape index (κ3) is 2.98. The Morgan fingerprint density at radius 2 is 1.88 bits per heavy atom. The lowest BCUT2D eigenvalue weighted by Gasteiger charge is -2.49. The maximum absolute atomic E-state index is 2.73. The number of fused-ring (bicyclic) bond motifs is 1. The van der Waals surface area contributed by atoms with E-state index in [1.165, 1.54) is 45.4 Å². The summed E-state index contributed by atoms with van der Waals surface area (Å²) >= 11 is 0. The van der Waals surface area contributed by atoms with E-state index in [2.05, 4.69) is 37.5 Å². The monoisotopic (exact) mass is 224 g/mol. The predicted molar refractivity (Wildman–Crippen MR) is 69.7 cm³/mol. The Hall–Kier alpha value is -0.0800. The Kier molecular flexibility index (Phi) is 3.60. The predicted octanol–water partition coefficient (Wildman–Crippen LogP) is 2.59. The van der Waals surface area contributed by atoms with Gasteiger partial charge in [0, 0.05) is 31.7 Å². The molecule has 94 valence electrons. The third-order valence-electron chi connectivity index (χ3n) is 3.99. The first kappa shape index (κ1) is 12.4. The summed E-state index contributed by atoms with van der Waals surface area (Å²) in [5.41, 5.74) is 0.436. The fraction of sp³-hybridized carbons (Fsp3) is 1.00. The van der Waals surface area contributed by atoms with E-state index in [-0.39, 0.29) is 0 Å². The van der Waals surface area contributed by atoms with E-state index in [0.29, 0.717) is 5.41 Å². The molecule has 2 rings (SSSR count). The molecule has 2 aliphatic heterocycles. The van der Waals surface area contributed by atoms with Gasteiger partial charge in [0.25, 0.3) is 0 Å². The van der Waals surface area contributed by atoms with Crippen LogP contribution in [0, 0.1) is 5.41 Å². The summed E-state index contributed by atoms with van der Waals surface area (Å²) in [5.74, 6) is 0. The SMILES string of the molecule is CC1CN2CCCCC2CN1CC(C)(C)C. The van der Waals surface area contributed by atoms with Crippen LogP contribution < -0.4 is 0 Å². The molecule has 2 saturated heterocycles. The van der Waals surface area contributed by atoms with Gasteiger partial charge >= 0.3 is 0 Å². The van der Waals surface area contributed by atoms with Crippen molar-refractivity contribution in [1.29, 1.82) is 0 Å². The molecule has 2 unspecified atom stereocenters. The van der Waals surface area contributed by atoms with Crippen molar-refractivity contribution in [2.24, 2.45) is 5.41 Å². The summed E-state index contributed by atoms with van der Waals surface area (Å²) in [5, 5.41) is 0. The molecule has 0 bridgehead atoms. The molecule has 2 fully saturated rings. The molecule has 2 heteroatoms. The lowest BCUT2D eigenvalue weighted by atomic mass is 9.92. The molecule has 0 N–H and O–H groups in total. The van der Waals surface area contributed by atoms with Crippen LogP contribution in [0.2, 0.25) is 0 Å². The van der Waals surface area contributed by atoms with E-state index < -0.39 is 0 Å². The number of hydrogen-bond donors (Lipinski definition) is 0. The summed E-state index contributed by atoms with van der Waals surface area (Å²) in [6.45, 7) is 14.7. The van der Waals surface area contributed by atoms with Gasteiger partial charge in [-0.15, -0.1) is 0 Å². The first-order chi connectivity index (χ1) is 7.46. The second-order valence-electron chi connectivity index (χ2n) is 6.98. The average Bonchev–Trinajstić information content (AvgIpc) is 2.17. The minimum absolute atomic E-state index is 0.436. The molecule has 16 heavy (non-hydrogen) atoms. The highest BCUT2D eigenvalue weighted by Gasteiger charge is 2.34. The van der Waals surface area contributed by atoms with E-state index in [1.54, 1.807) is 0 Å². The summed E-state index contributed by atoms with van der Waals surface area (Å²) in [6.07, 6.45) is 4.29. The maximum atomic E-state index is 2.73. The van der Waals surface area contributed by atoms with Crippen LogP contribution in [0.25, 0.3) is 0 Å². The Morgan fingerprint density at radius 1 is 1.12 bits per heavy atom. The highest BCUT2D eigenvalue weighted by Crippen LogP contribution is 2.26.